The van der Waals surface area contributed by atoms with E-state index in [1.165, 1.54) is 13.3 Å². The predicted octanol–water partition coefficient (Wildman–Crippen LogP) is 2.76. The predicted molar refractivity (Wildman–Crippen MR) is 134 cm³/mol. The number of hydrogen-bond acceptors (Lipinski definition) is 6. The third-order valence-corrected chi connectivity index (χ3v) is 7.27. The smallest absolute Gasteiger partial charge is 0.257 e. The number of pyridine rings is 1. The molecule has 9 nitrogen and oxygen atoms in total. The molecule has 0 atom stereocenters. The molecule has 192 valence electrons. The van der Waals surface area contributed by atoms with Gasteiger partial charge in [0.2, 0.25) is 11.8 Å². The van der Waals surface area contributed by atoms with Crippen LogP contribution in [0.1, 0.15) is 52.8 Å². The number of carbonyl (C=O) groups is 3. The number of ether oxygens (including phenoxy) is 2. The summed E-state index contributed by atoms with van der Waals surface area (Å²) < 4.78 is 11.1. The Balaban J connectivity index is 1.59. The van der Waals surface area contributed by atoms with Gasteiger partial charge in [0, 0.05) is 38.9 Å². The lowest BCUT2D eigenvalue weighted by molar-refractivity contribution is -0.133. The fraction of sp³-hybridized carbons (Fsp3) is 0.481. The van der Waals surface area contributed by atoms with E-state index in [1.807, 2.05) is 17.0 Å². The number of nitrogens with zero attached hydrogens (tertiary/aromatic N) is 3. The Labute approximate surface area is 211 Å². The third kappa shape index (κ3) is 5.45. The van der Waals surface area contributed by atoms with Crippen molar-refractivity contribution >= 4 is 17.7 Å². The van der Waals surface area contributed by atoms with Gasteiger partial charge in [-0.3, -0.25) is 14.4 Å². The van der Waals surface area contributed by atoms with Crippen molar-refractivity contribution in [3.8, 4) is 11.6 Å². The maximum absolute atomic E-state index is 13.3. The van der Waals surface area contributed by atoms with Crippen molar-refractivity contribution in [3.63, 3.8) is 0 Å². The van der Waals surface area contributed by atoms with Crippen LogP contribution in [0.25, 0.3) is 0 Å². The van der Waals surface area contributed by atoms with Crippen LogP contribution in [-0.2, 0) is 4.79 Å². The van der Waals surface area contributed by atoms with E-state index in [4.69, 9.17) is 9.47 Å². The number of fused-ring (bicyclic) bond motifs is 9. The molecule has 2 bridgehead atoms. The highest BCUT2D eigenvalue weighted by molar-refractivity contribution is 5.97. The van der Waals surface area contributed by atoms with Gasteiger partial charge in [-0.05, 0) is 43.9 Å². The zero-order chi connectivity index (χ0) is 25.5. The second-order valence-electron chi connectivity index (χ2n) is 9.33. The molecule has 3 aliphatic heterocycles. The minimum Gasteiger partial charge on any atom is -0.491 e. The van der Waals surface area contributed by atoms with Gasteiger partial charge in [0.05, 0.1) is 30.2 Å². The second kappa shape index (κ2) is 11.4. The number of piperidine rings is 1. The number of para-hydroxylation sites is 1. The Kier molecular flexibility index (Phi) is 8.07. The molecule has 9 heteroatoms. The van der Waals surface area contributed by atoms with Crippen molar-refractivity contribution in [1.29, 1.82) is 0 Å². The number of benzene rings is 1. The van der Waals surface area contributed by atoms with E-state index in [0.29, 0.717) is 68.2 Å². The lowest BCUT2D eigenvalue weighted by Crippen LogP contribution is -2.49. The average Bonchev–Trinajstić information content (AvgIpc) is 2.94. The minimum atomic E-state index is -0.504. The number of carbonyl (C=O) groups excluding carboxylic acids is 3. The minimum absolute atomic E-state index is 0.0277. The fourth-order valence-electron chi connectivity index (χ4n) is 5.09. The van der Waals surface area contributed by atoms with E-state index in [2.05, 4.69) is 10.3 Å². The molecule has 1 saturated heterocycles. The molecule has 5 rings (SSSR count). The largest absolute Gasteiger partial charge is 0.491 e. The van der Waals surface area contributed by atoms with Crippen molar-refractivity contribution in [2.75, 3.05) is 46.9 Å². The Morgan fingerprint density at radius 1 is 1.03 bits per heavy atom. The number of methoxy groups -OCH3 is 1. The molecule has 4 heterocycles. The average molecular weight is 495 g/mol. The van der Waals surface area contributed by atoms with E-state index in [9.17, 15) is 14.4 Å². The zero-order valence-electron chi connectivity index (χ0n) is 21.0. The van der Waals surface area contributed by atoms with Crippen molar-refractivity contribution in [1.82, 2.24) is 20.1 Å². The SMILES string of the molecule is CNC(=O)C12CCCCN(C(=O)c3ccc(OC)nc3)CCOc3ccccc3C(=O)N(CC1)CC2. The van der Waals surface area contributed by atoms with E-state index >= 15 is 0 Å². The number of nitrogens with one attached hydrogen (secondary N) is 1. The Hall–Kier alpha value is -3.62. The summed E-state index contributed by atoms with van der Waals surface area (Å²) >= 11 is 0. The first-order chi connectivity index (χ1) is 17.5. The van der Waals surface area contributed by atoms with Crippen LogP contribution in [0.4, 0.5) is 0 Å². The van der Waals surface area contributed by atoms with Gasteiger partial charge in [0.1, 0.15) is 12.4 Å². The number of rotatable bonds is 3. The first kappa shape index (κ1) is 25.5. The summed E-state index contributed by atoms with van der Waals surface area (Å²) in [5.74, 6) is 0.732. The van der Waals surface area contributed by atoms with Gasteiger partial charge < -0.3 is 24.6 Å². The summed E-state index contributed by atoms with van der Waals surface area (Å²) in [5.41, 5.74) is 0.464. The van der Waals surface area contributed by atoms with Gasteiger partial charge in [-0.1, -0.05) is 18.6 Å². The van der Waals surface area contributed by atoms with Gasteiger partial charge in [-0.15, -0.1) is 0 Å². The molecule has 1 N–H and O–H groups in total. The summed E-state index contributed by atoms with van der Waals surface area (Å²) in [6, 6.07) is 10.6. The Morgan fingerprint density at radius 2 is 1.81 bits per heavy atom. The number of hydrogen-bond donors (Lipinski definition) is 1. The lowest BCUT2D eigenvalue weighted by atomic mass is 9.73. The monoisotopic (exact) mass is 494 g/mol. The lowest BCUT2D eigenvalue weighted by Gasteiger charge is -2.40. The third-order valence-electron chi connectivity index (χ3n) is 7.27. The molecule has 1 aromatic carbocycles. The molecule has 3 aliphatic rings. The first-order valence-corrected chi connectivity index (χ1v) is 12.5. The van der Waals surface area contributed by atoms with Gasteiger partial charge in [0.25, 0.3) is 11.8 Å². The van der Waals surface area contributed by atoms with Crippen molar-refractivity contribution in [2.45, 2.75) is 32.1 Å². The van der Waals surface area contributed by atoms with E-state index < -0.39 is 5.41 Å². The van der Waals surface area contributed by atoms with Crippen LogP contribution < -0.4 is 14.8 Å². The maximum atomic E-state index is 13.3. The van der Waals surface area contributed by atoms with E-state index in [-0.39, 0.29) is 24.3 Å². The maximum Gasteiger partial charge on any atom is 0.257 e. The molecule has 0 spiro atoms. The molecule has 2 aromatic rings. The van der Waals surface area contributed by atoms with Gasteiger partial charge in [-0.25, -0.2) is 4.98 Å². The standard InChI is InChI=1S/C27H34N4O5/c1-28-26(34)27-11-5-6-14-30(24(32)20-9-10-23(35-2)29-19-20)17-18-36-22-8-4-3-7-21(22)25(33)31(15-12-27)16-13-27/h3-4,7-10,19H,5-6,11-18H2,1-2H3,(H,28,34). The van der Waals surface area contributed by atoms with Crippen LogP contribution in [0.2, 0.25) is 0 Å². The van der Waals surface area contributed by atoms with E-state index in [1.54, 1.807) is 36.2 Å². The summed E-state index contributed by atoms with van der Waals surface area (Å²) in [7, 11) is 3.20. The second-order valence-corrected chi connectivity index (χ2v) is 9.33. The summed E-state index contributed by atoms with van der Waals surface area (Å²) in [6.45, 7) is 2.19. The highest BCUT2D eigenvalue weighted by Gasteiger charge is 2.41. The normalized spacial score (nSPS) is 18.3. The Bertz CT molecular complexity index is 1080. The quantitative estimate of drug-likeness (QED) is 0.704. The highest BCUT2D eigenvalue weighted by Crippen LogP contribution is 2.38. The van der Waals surface area contributed by atoms with Crippen molar-refractivity contribution in [3.05, 3.63) is 53.7 Å². The molecule has 0 radical (unpaired) electrons. The van der Waals surface area contributed by atoms with Crippen LogP contribution in [-0.4, -0.2) is 79.4 Å². The van der Waals surface area contributed by atoms with Crippen LogP contribution in [0.3, 0.4) is 0 Å². The molecule has 36 heavy (non-hydrogen) atoms. The number of amides is 3. The molecule has 3 amide bonds. The number of aromatic nitrogens is 1. The summed E-state index contributed by atoms with van der Waals surface area (Å²) in [6.07, 6.45) is 5.01. The molecule has 0 saturated carbocycles. The molecule has 1 aromatic heterocycles. The molecular weight excluding hydrogens is 460 g/mol. The molecule has 0 unspecified atom stereocenters. The van der Waals surface area contributed by atoms with Gasteiger partial charge in [0.15, 0.2) is 0 Å². The topological polar surface area (TPSA) is 101 Å². The van der Waals surface area contributed by atoms with Crippen molar-refractivity contribution < 1.29 is 23.9 Å². The summed E-state index contributed by atoms with van der Waals surface area (Å²) in [4.78, 5) is 47.3. The van der Waals surface area contributed by atoms with Crippen LogP contribution >= 0.6 is 0 Å². The Morgan fingerprint density at radius 3 is 2.50 bits per heavy atom. The molecular formula is C27H34N4O5. The van der Waals surface area contributed by atoms with Crippen LogP contribution in [0.5, 0.6) is 11.6 Å². The fourth-order valence-corrected chi connectivity index (χ4v) is 5.09. The zero-order valence-corrected chi connectivity index (χ0v) is 21.0. The first-order valence-electron chi connectivity index (χ1n) is 12.5. The van der Waals surface area contributed by atoms with Crippen LogP contribution in [0, 0.1) is 5.41 Å². The summed E-state index contributed by atoms with van der Waals surface area (Å²) in [5, 5.41) is 2.84. The molecule has 1 fully saturated rings. The van der Waals surface area contributed by atoms with E-state index in [0.717, 1.165) is 12.8 Å². The van der Waals surface area contributed by atoms with Gasteiger partial charge in [-0.2, -0.15) is 0 Å². The highest BCUT2D eigenvalue weighted by atomic mass is 16.5. The van der Waals surface area contributed by atoms with Crippen LogP contribution in [0.15, 0.2) is 42.6 Å². The molecule has 0 aliphatic carbocycles. The van der Waals surface area contributed by atoms with Gasteiger partial charge >= 0.3 is 0 Å². The van der Waals surface area contributed by atoms with Crippen molar-refractivity contribution in [2.24, 2.45) is 5.41 Å².